The number of hydrogen-bond acceptors (Lipinski definition) is 6. The van der Waals surface area contributed by atoms with Crippen molar-refractivity contribution in [2.75, 3.05) is 37.6 Å². The molecule has 1 aliphatic rings. The van der Waals surface area contributed by atoms with Gasteiger partial charge in [-0.3, -0.25) is 4.79 Å². The second-order valence-corrected chi connectivity index (χ2v) is 7.41. The van der Waals surface area contributed by atoms with Crippen molar-refractivity contribution in [1.29, 1.82) is 0 Å². The summed E-state index contributed by atoms with van der Waals surface area (Å²) in [5.74, 6) is 0.514. The standard InChI is InChI=1S/C20H22ClN5O2.ClH/c1-25(2)26-18-13(11-16(19(26)27)15-5-3-4-6-17(15)21)12-22-20(24-18)23-14-7-9-28-10-8-14;/h3-6,11-12,14H,7-10H2,1-2H3,(H,22,23,24);1H. The summed E-state index contributed by atoms with van der Waals surface area (Å²) in [7, 11) is 3.62. The number of fused-ring (bicyclic) bond motifs is 1. The van der Waals surface area contributed by atoms with Crippen LogP contribution in [-0.2, 0) is 4.74 Å². The van der Waals surface area contributed by atoms with E-state index in [-0.39, 0.29) is 24.0 Å². The third-order valence-electron chi connectivity index (χ3n) is 4.84. The zero-order chi connectivity index (χ0) is 19.7. The van der Waals surface area contributed by atoms with Crippen LogP contribution in [0.25, 0.3) is 22.2 Å². The molecule has 0 amide bonds. The molecule has 1 saturated heterocycles. The summed E-state index contributed by atoms with van der Waals surface area (Å²) in [6.45, 7) is 1.46. The molecular formula is C20H23Cl2N5O2. The number of ether oxygens (including phenoxy) is 1. The fraction of sp³-hybridized carbons (Fsp3) is 0.350. The Morgan fingerprint density at radius 2 is 1.93 bits per heavy atom. The monoisotopic (exact) mass is 435 g/mol. The summed E-state index contributed by atoms with van der Waals surface area (Å²) in [6.07, 6.45) is 3.56. The number of pyridine rings is 1. The predicted molar refractivity (Wildman–Crippen MR) is 119 cm³/mol. The first kappa shape index (κ1) is 21.4. The molecule has 154 valence electrons. The molecule has 29 heavy (non-hydrogen) atoms. The van der Waals surface area contributed by atoms with Gasteiger partial charge in [0.1, 0.15) is 0 Å². The van der Waals surface area contributed by atoms with Crippen molar-refractivity contribution in [3.05, 3.63) is 51.9 Å². The highest BCUT2D eigenvalue weighted by Gasteiger charge is 2.18. The molecule has 0 unspecified atom stereocenters. The molecule has 0 aliphatic carbocycles. The van der Waals surface area contributed by atoms with Gasteiger partial charge in [0, 0.05) is 55.5 Å². The van der Waals surface area contributed by atoms with Gasteiger partial charge in [-0.05, 0) is 25.0 Å². The Morgan fingerprint density at radius 1 is 1.21 bits per heavy atom. The zero-order valence-electron chi connectivity index (χ0n) is 16.3. The lowest BCUT2D eigenvalue weighted by Gasteiger charge is -2.24. The summed E-state index contributed by atoms with van der Waals surface area (Å²) in [5.41, 5.74) is 1.58. The summed E-state index contributed by atoms with van der Waals surface area (Å²) in [5, 5.41) is 6.37. The Hall–Kier alpha value is -2.35. The van der Waals surface area contributed by atoms with Crippen LogP contribution in [-0.4, -0.2) is 48.0 Å². The first-order chi connectivity index (χ1) is 13.5. The molecule has 1 aromatic carbocycles. The third kappa shape index (κ3) is 4.32. The van der Waals surface area contributed by atoms with Gasteiger partial charge in [0.05, 0.1) is 5.56 Å². The maximum atomic E-state index is 13.2. The lowest BCUT2D eigenvalue weighted by molar-refractivity contribution is 0.0903. The molecule has 1 fully saturated rings. The van der Waals surface area contributed by atoms with E-state index in [0.717, 1.165) is 31.4 Å². The Balaban J connectivity index is 0.00000240. The number of nitrogens with one attached hydrogen (secondary N) is 1. The van der Waals surface area contributed by atoms with E-state index in [1.165, 1.54) is 0 Å². The number of aromatic nitrogens is 3. The first-order valence-electron chi connectivity index (χ1n) is 9.24. The quantitative estimate of drug-likeness (QED) is 0.677. The van der Waals surface area contributed by atoms with Gasteiger partial charge in [0.25, 0.3) is 5.56 Å². The molecule has 0 radical (unpaired) electrons. The van der Waals surface area contributed by atoms with Crippen molar-refractivity contribution in [2.45, 2.75) is 18.9 Å². The average molecular weight is 436 g/mol. The van der Waals surface area contributed by atoms with Crippen molar-refractivity contribution in [2.24, 2.45) is 0 Å². The summed E-state index contributed by atoms with van der Waals surface area (Å²) >= 11 is 6.33. The minimum Gasteiger partial charge on any atom is -0.381 e. The maximum absolute atomic E-state index is 13.2. The highest BCUT2D eigenvalue weighted by Crippen LogP contribution is 2.27. The minimum atomic E-state index is -0.179. The SMILES string of the molecule is CN(C)n1c(=O)c(-c2ccccc2Cl)cc2cnc(NC3CCOCC3)nc21.Cl. The number of halogens is 2. The summed E-state index contributed by atoms with van der Waals surface area (Å²) < 4.78 is 6.94. The van der Waals surface area contributed by atoms with E-state index in [2.05, 4.69) is 15.3 Å². The fourth-order valence-electron chi connectivity index (χ4n) is 3.42. The minimum absolute atomic E-state index is 0. The van der Waals surface area contributed by atoms with Crippen LogP contribution in [0, 0.1) is 0 Å². The van der Waals surface area contributed by atoms with Gasteiger partial charge in [0.2, 0.25) is 5.95 Å². The predicted octanol–water partition coefficient (Wildman–Crippen LogP) is 3.32. The van der Waals surface area contributed by atoms with Crippen LogP contribution in [0.2, 0.25) is 5.02 Å². The van der Waals surface area contributed by atoms with Crippen LogP contribution in [0.15, 0.2) is 41.3 Å². The molecule has 0 bridgehead atoms. The van der Waals surface area contributed by atoms with Crippen molar-refractivity contribution in [1.82, 2.24) is 14.6 Å². The van der Waals surface area contributed by atoms with Crippen LogP contribution in [0.3, 0.4) is 0 Å². The molecule has 2 aromatic heterocycles. The maximum Gasteiger partial charge on any atom is 0.278 e. The molecule has 4 rings (SSSR count). The molecule has 1 aliphatic heterocycles. The van der Waals surface area contributed by atoms with Crippen molar-refractivity contribution >= 4 is 41.0 Å². The Bertz CT molecular complexity index is 1060. The van der Waals surface area contributed by atoms with E-state index >= 15 is 0 Å². The van der Waals surface area contributed by atoms with Gasteiger partial charge in [-0.2, -0.15) is 4.98 Å². The number of benzene rings is 1. The van der Waals surface area contributed by atoms with Crippen LogP contribution in [0.5, 0.6) is 0 Å². The lowest BCUT2D eigenvalue weighted by atomic mass is 10.1. The number of hydrogen-bond donors (Lipinski definition) is 1. The highest BCUT2D eigenvalue weighted by atomic mass is 35.5. The van der Waals surface area contributed by atoms with E-state index in [1.54, 1.807) is 28.0 Å². The Morgan fingerprint density at radius 3 is 2.62 bits per heavy atom. The third-order valence-corrected chi connectivity index (χ3v) is 5.17. The largest absolute Gasteiger partial charge is 0.381 e. The molecule has 0 atom stereocenters. The van der Waals surface area contributed by atoms with Gasteiger partial charge in [0.15, 0.2) is 5.65 Å². The van der Waals surface area contributed by atoms with E-state index < -0.39 is 0 Å². The van der Waals surface area contributed by atoms with Gasteiger partial charge in [-0.15, -0.1) is 12.4 Å². The zero-order valence-corrected chi connectivity index (χ0v) is 17.8. The Kier molecular flexibility index (Phi) is 6.62. The van der Waals surface area contributed by atoms with Gasteiger partial charge in [-0.25, -0.2) is 9.66 Å². The second-order valence-electron chi connectivity index (χ2n) is 7.01. The van der Waals surface area contributed by atoms with Crippen LogP contribution < -0.4 is 15.9 Å². The number of anilines is 1. The molecular weight excluding hydrogens is 413 g/mol. The van der Waals surface area contributed by atoms with Crippen molar-refractivity contribution in [3.63, 3.8) is 0 Å². The van der Waals surface area contributed by atoms with Crippen LogP contribution >= 0.6 is 24.0 Å². The van der Waals surface area contributed by atoms with Crippen LogP contribution in [0.4, 0.5) is 5.95 Å². The summed E-state index contributed by atoms with van der Waals surface area (Å²) in [6, 6.07) is 9.40. The lowest BCUT2D eigenvalue weighted by Crippen LogP contribution is -2.37. The van der Waals surface area contributed by atoms with E-state index in [9.17, 15) is 4.79 Å². The van der Waals surface area contributed by atoms with Crippen molar-refractivity contribution in [3.8, 4) is 11.1 Å². The molecule has 0 saturated carbocycles. The normalized spacial score (nSPS) is 14.4. The number of rotatable bonds is 4. The van der Waals surface area contributed by atoms with E-state index in [0.29, 0.717) is 27.7 Å². The van der Waals surface area contributed by atoms with Gasteiger partial charge >= 0.3 is 0 Å². The molecule has 3 aromatic rings. The molecule has 3 heterocycles. The number of nitrogens with zero attached hydrogens (tertiary/aromatic N) is 4. The fourth-order valence-corrected chi connectivity index (χ4v) is 3.66. The molecule has 7 nitrogen and oxygen atoms in total. The summed E-state index contributed by atoms with van der Waals surface area (Å²) in [4.78, 5) is 22.3. The topological polar surface area (TPSA) is 72.3 Å². The van der Waals surface area contributed by atoms with E-state index in [4.69, 9.17) is 16.3 Å². The average Bonchev–Trinajstić information content (AvgIpc) is 2.68. The Labute approximate surface area is 180 Å². The smallest absolute Gasteiger partial charge is 0.278 e. The highest BCUT2D eigenvalue weighted by molar-refractivity contribution is 6.33. The van der Waals surface area contributed by atoms with Crippen molar-refractivity contribution < 1.29 is 4.74 Å². The first-order valence-corrected chi connectivity index (χ1v) is 9.62. The molecule has 1 N–H and O–H groups in total. The van der Waals surface area contributed by atoms with Gasteiger partial charge < -0.3 is 15.1 Å². The van der Waals surface area contributed by atoms with Crippen LogP contribution in [0.1, 0.15) is 12.8 Å². The molecule has 0 spiro atoms. The van der Waals surface area contributed by atoms with E-state index in [1.807, 2.05) is 32.3 Å². The molecule has 9 heteroatoms. The van der Waals surface area contributed by atoms with Gasteiger partial charge in [-0.1, -0.05) is 29.8 Å². The second kappa shape index (κ2) is 8.98.